The maximum Gasteiger partial charge on any atom is 0.115 e. The zero-order valence-electron chi connectivity index (χ0n) is 9.06. The van der Waals surface area contributed by atoms with Crippen LogP contribution >= 0.6 is 0 Å². The summed E-state index contributed by atoms with van der Waals surface area (Å²) in [6.45, 7) is 0. The highest BCUT2D eigenvalue weighted by Gasteiger charge is 2.11. The van der Waals surface area contributed by atoms with Crippen molar-refractivity contribution in [3.8, 4) is 5.75 Å². The normalized spacial score (nSPS) is 11.5. The van der Waals surface area contributed by atoms with E-state index in [2.05, 4.69) is 10.0 Å². The lowest BCUT2D eigenvalue weighted by Gasteiger charge is -2.11. The Kier molecular flexibility index (Phi) is 3.28. The number of rotatable bonds is 3. The molecule has 2 rings (SSSR count). The Morgan fingerprint density at radius 3 is 2.12 bits per heavy atom. The van der Waals surface area contributed by atoms with Gasteiger partial charge in [0.2, 0.25) is 0 Å². The molecule has 1 unspecified atom stereocenters. The molecule has 17 heavy (non-hydrogen) atoms. The monoisotopic (exact) mass is 225 g/mol. The van der Waals surface area contributed by atoms with Gasteiger partial charge in [-0.2, -0.15) is 0 Å². The third kappa shape index (κ3) is 2.56. The van der Waals surface area contributed by atoms with Gasteiger partial charge >= 0.3 is 0 Å². The SMILES string of the molecule is [N-]=[N+]=NC(c1ccccc1)c1ccc(O)cc1. The van der Waals surface area contributed by atoms with Gasteiger partial charge in [-0.05, 0) is 28.8 Å². The van der Waals surface area contributed by atoms with Crippen LogP contribution in [0.5, 0.6) is 5.75 Å². The quantitative estimate of drug-likeness (QED) is 0.482. The molecule has 0 bridgehead atoms. The van der Waals surface area contributed by atoms with Crippen LogP contribution in [0.25, 0.3) is 10.4 Å². The average Bonchev–Trinajstić information content (AvgIpc) is 2.38. The lowest BCUT2D eigenvalue weighted by Crippen LogP contribution is -1.96. The number of phenolic OH excluding ortho intramolecular Hbond substituents is 1. The third-order valence-corrected chi connectivity index (χ3v) is 2.49. The van der Waals surface area contributed by atoms with Gasteiger partial charge in [0.25, 0.3) is 0 Å². The van der Waals surface area contributed by atoms with Gasteiger partial charge in [0, 0.05) is 4.91 Å². The van der Waals surface area contributed by atoms with Crippen molar-refractivity contribution in [3.63, 3.8) is 0 Å². The lowest BCUT2D eigenvalue weighted by atomic mass is 10.00. The van der Waals surface area contributed by atoms with Gasteiger partial charge in [0.1, 0.15) is 5.75 Å². The van der Waals surface area contributed by atoms with Gasteiger partial charge in [-0.15, -0.1) is 0 Å². The molecule has 2 aromatic rings. The van der Waals surface area contributed by atoms with Crippen molar-refractivity contribution in [2.24, 2.45) is 5.11 Å². The molecule has 2 aromatic carbocycles. The van der Waals surface area contributed by atoms with Crippen LogP contribution in [0.3, 0.4) is 0 Å². The molecule has 0 saturated carbocycles. The van der Waals surface area contributed by atoms with E-state index in [0.717, 1.165) is 11.1 Å². The molecule has 0 aliphatic rings. The van der Waals surface area contributed by atoms with Gasteiger partial charge in [0.15, 0.2) is 0 Å². The largest absolute Gasteiger partial charge is 0.508 e. The predicted molar refractivity (Wildman–Crippen MR) is 65.5 cm³/mol. The Morgan fingerprint density at radius 2 is 1.53 bits per heavy atom. The van der Waals surface area contributed by atoms with Crippen LogP contribution in [-0.4, -0.2) is 5.11 Å². The topological polar surface area (TPSA) is 69.0 Å². The fourth-order valence-electron chi connectivity index (χ4n) is 1.67. The summed E-state index contributed by atoms with van der Waals surface area (Å²) in [6, 6.07) is 15.8. The Hall–Kier alpha value is -2.45. The molecule has 0 amide bonds. The summed E-state index contributed by atoms with van der Waals surface area (Å²) in [5.41, 5.74) is 10.4. The van der Waals surface area contributed by atoms with Crippen LogP contribution in [0.2, 0.25) is 0 Å². The van der Waals surface area contributed by atoms with Crippen molar-refractivity contribution in [2.75, 3.05) is 0 Å². The van der Waals surface area contributed by atoms with Gasteiger partial charge in [-0.1, -0.05) is 47.6 Å². The van der Waals surface area contributed by atoms with E-state index >= 15 is 0 Å². The first kappa shape index (κ1) is 11.0. The number of phenols is 1. The van der Waals surface area contributed by atoms with Crippen LogP contribution in [0.15, 0.2) is 59.7 Å². The molecule has 1 N–H and O–H groups in total. The molecule has 0 saturated heterocycles. The second kappa shape index (κ2) is 5.05. The van der Waals surface area contributed by atoms with E-state index in [1.54, 1.807) is 24.3 Å². The summed E-state index contributed by atoms with van der Waals surface area (Å²) in [5.74, 6) is 0.196. The number of benzene rings is 2. The summed E-state index contributed by atoms with van der Waals surface area (Å²) in [7, 11) is 0. The first-order valence-electron chi connectivity index (χ1n) is 5.19. The lowest BCUT2D eigenvalue weighted by molar-refractivity contribution is 0.475. The molecule has 1 atom stereocenters. The van der Waals surface area contributed by atoms with E-state index in [9.17, 15) is 5.11 Å². The Balaban J connectivity index is 2.42. The van der Waals surface area contributed by atoms with Crippen molar-refractivity contribution < 1.29 is 5.11 Å². The zero-order valence-corrected chi connectivity index (χ0v) is 9.06. The van der Waals surface area contributed by atoms with Gasteiger partial charge in [-0.3, -0.25) is 0 Å². The summed E-state index contributed by atoms with van der Waals surface area (Å²) >= 11 is 0. The van der Waals surface area contributed by atoms with Crippen LogP contribution < -0.4 is 0 Å². The van der Waals surface area contributed by atoms with Crippen LogP contribution in [0.1, 0.15) is 17.2 Å². The van der Waals surface area contributed by atoms with Crippen molar-refractivity contribution >= 4 is 0 Å². The predicted octanol–water partition coefficient (Wildman–Crippen LogP) is 3.79. The Morgan fingerprint density at radius 1 is 0.941 bits per heavy atom. The molecule has 84 valence electrons. The molecule has 0 radical (unpaired) electrons. The van der Waals surface area contributed by atoms with E-state index in [1.807, 2.05) is 30.3 Å². The highest BCUT2D eigenvalue weighted by Crippen LogP contribution is 2.27. The van der Waals surface area contributed by atoms with E-state index in [-0.39, 0.29) is 11.8 Å². The fraction of sp³-hybridized carbons (Fsp3) is 0.0769. The molecule has 0 heterocycles. The summed E-state index contributed by atoms with van der Waals surface area (Å²) in [5, 5.41) is 13.0. The maximum absolute atomic E-state index is 9.24. The average molecular weight is 225 g/mol. The van der Waals surface area contributed by atoms with Crippen molar-refractivity contribution in [1.29, 1.82) is 0 Å². The number of hydrogen-bond acceptors (Lipinski definition) is 2. The Labute approximate surface area is 98.8 Å². The van der Waals surface area contributed by atoms with Crippen LogP contribution in [-0.2, 0) is 0 Å². The molecular formula is C13H11N3O. The standard InChI is InChI=1S/C13H11N3O/c14-16-15-13(10-4-2-1-3-5-10)11-6-8-12(17)9-7-11/h1-9,13,17H. The smallest absolute Gasteiger partial charge is 0.115 e. The van der Waals surface area contributed by atoms with E-state index in [0.29, 0.717) is 0 Å². The fourth-order valence-corrected chi connectivity index (χ4v) is 1.67. The molecule has 0 aromatic heterocycles. The number of azide groups is 1. The number of hydrogen-bond donors (Lipinski definition) is 1. The molecule has 0 spiro atoms. The van der Waals surface area contributed by atoms with Gasteiger partial charge in [0.05, 0.1) is 6.04 Å². The Bertz CT molecular complexity index is 530. The van der Waals surface area contributed by atoms with Gasteiger partial charge < -0.3 is 5.11 Å². The van der Waals surface area contributed by atoms with Crippen LogP contribution in [0.4, 0.5) is 0 Å². The molecule has 0 aliphatic carbocycles. The maximum atomic E-state index is 9.24. The van der Waals surface area contributed by atoms with Crippen LogP contribution in [0, 0.1) is 0 Å². The second-order valence-corrected chi connectivity index (χ2v) is 3.61. The highest BCUT2D eigenvalue weighted by atomic mass is 16.3. The minimum atomic E-state index is -0.359. The zero-order chi connectivity index (χ0) is 12.1. The molecule has 0 aliphatic heterocycles. The number of aromatic hydroxyl groups is 1. The van der Waals surface area contributed by atoms with Crippen molar-refractivity contribution in [1.82, 2.24) is 0 Å². The number of nitrogens with zero attached hydrogens (tertiary/aromatic N) is 3. The highest BCUT2D eigenvalue weighted by molar-refractivity contribution is 5.35. The first-order chi connectivity index (χ1) is 8.31. The summed E-state index contributed by atoms with van der Waals surface area (Å²) < 4.78 is 0. The minimum absolute atomic E-state index is 0.196. The molecule has 0 fully saturated rings. The molecular weight excluding hydrogens is 214 g/mol. The first-order valence-corrected chi connectivity index (χ1v) is 5.19. The van der Waals surface area contributed by atoms with Crippen molar-refractivity contribution in [3.05, 3.63) is 76.2 Å². The second-order valence-electron chi connectivity index (χ2n) is 3.61. The van der Waals surface area contributed by atoms with E-state index < -0.39 is 0 Å². The summed E-state index contributed by atoms with van der Waals surface area (Å²) in [4.78, 5) is 2.87. The summed E-state index contributed by atoms with van der Waals surface area (Å²) in [6.07, 6.45) is 0. The molecule has 4 heteroatoms. The third-order valence-electron chi connectivity index (χ3n) is 2.49. The van der Waals surface area contributed by atoms with Crippen molar-refractivity contribution in [2.45, 2.75) is 6.04 Å². The molecule has 4 nitrogen and oxygen atoms in total. The van der Waals surface area contributed by atoms with Gasteiger partial charge in [-0.25, -0.2) is 0 Å². The minimum Gasteiger partial charge on any atom is -0.508 e. The van der Waals surface area contributed by atoms with E-state index in [1.165, 1.54) is 0 Å². The van der Waals surface area contributed by atoms with E-state index in [4.69, 9.17) is 5.53 Å².